The van der Waals surface area contributed by atoms with Crippen LogP contribution in [0.3, 0.4) is 0 Å². The van der Waals surface area contributed by atoms with Gasteiger partial charge in [0, 0.05) is 27.8 Å². The third kappa shape index (κ3) is 83.9. The molecule has 0 radical (unpaired) electrons. The number of hydrogen-bond donors (Lipinski definition) is 1. The molecule has 0 amide bonds. The van der Waals surface area contributed by atoms with Gasteiger partial charge in [0.25, 0.3) is 0 Å². The van der Waals surface area contributed by atoms with Crippen LogP contribution in [0.25, 0.3) is 0 Å². The largest absolute Gasteiger partial charge is 0.394 e. The normalized spacial score (nSPS) is 6.00. The van der Waals surface area contributed by atoms with E-state index in [2.05, 4.69) is 0 Å². The Morgan fingerprint density at radius 1 is 1.33 bits per heavy atom. The van der Waals surface area contributed by atoms with Gasteiger partial charge in [-0.05, 0) is 13.8 Å². The second-order valence-corrected chi connectivity index (χ2v) is 1.09. The van der Waals surface area contributed by atoms with Crippen molar-refractivity contribution in [1.82, 2.24) is 0 Å². The molecule has 0 aromatic heterocycles. The minimum absolute atomic E-state index is 0. The van der Waals surface area contributed by atoms with Gasteiger partial charge in [-0.15, -0.1) is 12.4 Å². The van der Waals surface area contributed by atoms with Gasteiger partial charge in [0.2, 0.25) is 0 Å². The predicted molar refractivity (Wildman–Crippen MR) is 24.6 cm³/mol. The summed E-state index contributed by atoms with van der Waals surface area (Å²) < 4.78 is 0. The quantitative estimate of drug-likeness (QED) is 0.499. The molecule has 1 nitrogen and oxygen atoms in total. The Morgan fingerprint density at radius 2 is 1.33 bits per heavy atom. The third-order valence-corrected chi connectivity index (χ3v) is 0. The fraction of sp³-hybridized carbons (Fsp3) is 1.00. The Morgan fingerprint density at radius 3 is 1.33 bits per heavy atom. The van der Waals surface area contributed by atoms with E-state index in [0.717, 1.165) is 0 Å². The van der Waals surface area contributed by atoms with Crippen LogP contribution in [-0.2, 0) is 21.7 Å². The van der Waals surface area contributed by atoms with Gasteiger partial charge in [-0.2, -0.15) is 0 Å². The number of aliphatic hydroxyl groups excluding tert-OH is 1. The summed E-state index contributed by atoms with van der Waals surface area (Å²) in [5.41, 5.74) is 0. The zero-order valence-electron chi connectivity index (χ0n) is 3.93. The molecular weight excluding hydrogens is 135 g/mol. The molecule has 0 saturated heterocycles. The average molecular weight is 144 g/mol. The van der Waals surface area contributed by atoms with E-state index >= 15 is 0 Å². The molecule has 0 atom stereocenters. The van der Waals surface area contributed by atoms with E-state index in [1.165, 1.54) is 0 Å². The first kappa shape index (κ1) is 15.8. The Kier molecular flexibility index (Phi) is 24.6. The molecule has 0 aliphatic heterocycles. The predicted octanol–water partition coefficient (Wildman–Crippen LogP) is 0.806. The Labute approximate surface area is 59.4 Å². The van der Waals surface area contributed by atoms with Crippen molar-refractivity contribution in [3.8, 4) is 0 Å². The van der Waals surface area contributed by atoms with Gasteiger partial charge < -0.3 is 5.11 Å². The molecule has 0 spiro atoms. The van der Waals surface area contributed by atoms with Gasteiger partial charge in [-0.1, -0.05) is 0 Å². The average Bonchev–Trinajstić information content (AvgIpc) is 0.811. The van der Waals surface area contributed by atoms with Crippen LogP contribution in [0.15, 0.2) is 0 Å². The van der Waals surface area contributed by atoms with Gasteiger partial charge in [0.05, 0.1) is 0 Å². The molecule has 0 unspecified atom stereocenters. The first-order chi connectivity index (χ1) is 1.73. The molecule has 0 bridgehead atoms. The van der Waals surface area contributed by atoms with Crippen LogP contribution in [0, 0.1) is 0 Å². The molecule has 0 rings (SSSR count). The van der Waals surface area contributed by atoms with Crippen molar-refractivity contribution < 1.29 is 26.8 Å². The maximum atomic E-state index is 8.06. The van der Waals surface area contributed by atoms with E-state index in [0.29, 0.717) is 0 Å². The van der Waals surface area contributed by atoms with Gasteiger partial charge in [0.15, 0.2) is 0 Å². The van der Waals surface area contributed by atoms with E-state index in [9.17, 15) is 0 Å². The first-order valence-electron chi connectivity index (χ1n) is 1.41. The Hall–Kier alpha value is 0.964. The van der Waals surface area contributed by atoms with E-state index < -0.39 is 0 Å². The van der Waals surface area contributed by atoms with Crippen LogP contribution in [0.2, 0.25) is 0 Å². The summed E-state index contributed by atoms with van der Waals surface area (Å²) in [7, 11) is 0. The number of rotatable bonds is 0. The molecule has 3 heteroatoms. The van der Waals surface area contributed by atoms with E-state index in [1.807, 2.05) is 0 Å². The summed E-state index contributed by atoms with van der Waals surface area (Å²) in [6.45, 7) is 3.44. The van der Waals surface area contributed by atoms with Crippen LogP contribution < -0.4 is 0 Å². The van der Waals surface area contributed by atoms with Crippen molar-refractivity contribution in [3.05, 3.63) is 0 Å². The standard InChI is InChI=1S/C3H8O.ClH.Ti/c1-3(2)4;;/h3-4H,1-2H3;1H;. The van der Waals surface area contributed by atoms with E-state index in [4.69, 9.17) is 5.11 Å². The second kappa shape index (κ2) is 9.35. The Bertz CT molecular complexity index is 15.5. The van der Waals surface area contributed by atoms with Gasteiger partial charge in [-0.3, -0.25) is 0 Å². The fourth-order valence-corrected chi connectivity index (χ4v) is 0. The van der Waals surface area contributed by atoms with Crippen molar-refractivity contribution in [3.63, 3.8) is 0 Å². The fourth-order valence-electron chi connectivity index (χ4n) is 0. The topological polar surface area (TPSA) is 20.2 Å². The van der Waals surface area contributed by atoms with Crippen molar-refractivity contribution in [2.24, 2.45) is 0 Å². The number of hydrogen-bond acceptors (Lipinski definition) is 1. The summed E-state index contributed by atoms with van der Waals surface area (Å²) in [6, 6.07) is 0. The van der Waals surface area contributed by atoms with E-state index in [-0.39, 0.29) is 40.2 Å². The SMILES string of the molecule is CC(C)O.Cl.[Ti]. The number of aliphatic hydroxyl groups is 1. The van der Waals surface area contributed by atoms with Gasteiger partial charge in [0.1, 0.15) is 0 Å². The molecule has 0 aliphatic carbocycles. The second-order valence-electron chi connectivity index (χ2n) is 1.09. The summed E-state index contributed by atoms with van der Waals surface area (Å²) in [4.78, 5) is 0. The van der Waals surface area contributed by atoms with Crippen LogP contribution in [0.1, 0.15) is 13.8 Å². The minimum Gasteiger partial charge on any atom is -0.394 e. The van der Waals surface area contributed by atoms with Gasteiger partial charge in [-0.25, -0.2) is 0 Å². The van der Waals surface area contributed by atoms with Crippen LogP contribution in [0.5, 0.6) is 0 Å². The molecular formula is C3H9ClOTi. The van der Waals surface area contributed by atoms with Crippen molar-refractivity contribution in [2.45, 2.75) is 20.0 Å². The van der Waals surface area contributed by atoms with Crippen molar-refractivity contribution in [2.75, 3.05) is 0 Å². The van der Waals surface area contributed by atoms with E-state index in [1.54, 1.807) is 13.8 Å². The van der Waals surface area contributed by atoms with Gasteiger partial charge >= 0.3 is 0 Å². The van der Waals surface area contributed by atoms with Crippen molar-refractivity contribution in [1.29, 1.82) is 0 Å². The maximum absolute atomic E-state index is 8.06. The Balaban J connectivity index is -0.0000000450. The number of halogens is 1. The summed E-state index contributed by atoms with van der Waals surface area (Å²) >= 11 is 0. The molecule has 1 N–H and O–H groups in total. The molecule has 0 fully saturated rings. The smallest absolute Gasteiger partial charge is 0.0483 e. The zero-order chi connectivity index (χ0) is 3.58. The summed E-state index contributed by atoms with van der Waals surface area (Å²) in [5, 5.41) is 8.06. The molecule has 6 heavy (non-hydrogen) atoms. The van der Waals surface area contributed by atoms with Crippen molar-refractivity contribution >= 4 is 12.4 Å². The molecule has 0 aliphatic rings. The summed E-state index contributed by atoms with van der Waals surface area (Å²) in [6.07, 6.45) is -0.167. The van der Waals surface area contributed by atoms with Crippen LogP contribution in [-0.4, -0.2) is 11.2 Å². The molecule has 0 aromatic carbocycles. The molecule has 0 heterocycles. The van der Waals surface area contributed by atoms with Crippen LogP contribution >= 0.6 is 12.4 Å². The first-order valence-corrected chi connectivity index (χ1v) is 1.41. The molecule has 38 valence electrons. The minimum atomic E-state index is -0.167. The zero-order valence-corrected chi connectivity index (χ0v) is 6.31. The molecule has 0 saturated carbocycles. The molecule has 0 aromatic rings. The third-order valence-electron chi connectivity index (χ3n) is 0. The van der Waals surface area contributed by atoms with Crippen LogP contribution in [0.4, 0.5) is 0 Å². The summed E-state index contributed by atoms with van der Waals surface area (Å²) in [5.74, 6) is 0. The monoisotopic (exact) mass is 144 g/mol. The maximum Gasteiger partial charge on any atom is 0.0483 e.